The van der Waals surface area contributed by atoms with E-state index in [4.69, 9.17) is 9.47 Å². The number of hydrogen-bond acceptors (Lipinski definition) is 3. The Morgan fingerprint density at radius 1 is 1.10 bits per heavy atom. The van der Waals surface area contributed by atoms with Crippen molar-refractivity contribution in [3.63, 3.8) is 0 Å². The lowest BCUT2D eigenvalue weighted by molar-refractivity contribution is 0.184. The van der Waals surface area contributed by atoms with E-state index in [-0.39, 0.29) is 0 Å². The van der Waals surface area contributed by atoms with Gasteiger partial charge in [-0.15, -0.1) is 0 Å². The highest BCUT2D eigenvalue weighted by molar-refractivity contribution is 9.10. The largest absolute Gasteiger partial charge is 0.457 e. The minimum atomic E-state index is 0.585. The summed E-state index contributed by atoms with van der Waals surface area (Å²) < 4.78 is 12.0. The predicted octanol–water partition coefficient (Wildman–Crippen LogP) is 4.11. The maximum Gasteiger partial charge on any atom is 0.128 e. The Balaban J connectivity index is 2.13. The summed E-state index contributed by atoms with van der Waals surface area (Å²) in [5, 5.41) is 3.13. The topological polar surface area (TPSA) is 30.5 Å². The summed E-state index contributed by atoms with van der Waals surface area (Å²) in [7, 11) is 3.61. The van der Waals surface area contributed by atoms with Gasteiger partial charge in [-0.2, -0.15) is 0 Å². The second kappa shape index (κ2) is 7.43. The fourth-order valence-corrected chi connectivity index (χ4v) is 2.42. The van der Waals surface area contributed by atoms with Gasteiger partial charge in [0.05, 0.1) is 6.61 Å². The number of methoxy groups -OCH3 is 1. The Morgan fingerprint density at radius 2 is 1.90 bits per heavy atom. The molecule has 2 rings (SSSR count). The molecule has 20 heavy (non-hydrogen) atoms. The van der Waals surface area contributed by atoms with Crippen LogP contribution < -0.4 is 10.1 Å². The molecule has 0 fully saturated rings. The molecule has 3 nitrogen and oxygen atoms in total. The third-order valence-corrected chi connectivity index (χ3v) is 3.58. The minimum absolute atomic E-state index is 0.585. The SMILES string of the molecule is CNCc1ccc(Oc2cccc(COC)c2)cc1Br. The molecule has 0 aliphatic carbocycles. The van der Waals surface area contributed by atoms with Crippen LogP contribution in [0.25, 0.3) is 0 Å². The summed E-state index contributed by atoms with van der Waals surface area (Å²) in [6.45, 7) is 1.41. The summed E-state index contributed by atoms with van der Waals surface area (Å²) in [5.74, 6) is 1.62. The first-order valence-electron chi connectivity index (χ1n) is 6.41. The van der Waals surface area contributed by atoms with Crippen LogP contribution in [0.1, 0.15) is 11.1 Å². The van der Waals surface area contributed by atoms with E-state index in [1.807, 2.05) is 43.4 Å². The lowest BCUT2D eigenvalue weighted by Crippen LogP contribution is -2.05. The number of nitrogens with one attached hydrogen (secondary N) is 1. The molecule has 0 saturated carbocycles. The van der Waals surface area contributed by atoms with Crippen molar-refractivity contribution in [2.24, 2.45) is 0 Å². The average Bonchev–Trinajstić information content (AvgIpc) is 2.43. The molecular formula is C16H18BrNO2. The minimum Gasteiger partial charge on any atom is -0.457 e. The zero-order valence-electron chi connectivity index (χ0n) is 11.7. The molecule has 0 amide bonds. The number of benzene rings is 2. The smallest absolute Gasteiger partial charge is 0.128 e. The Labute approximate surface area is 128 Å². The number of halogens is 1. The van der Waals surface area contributed by atoms with Crippen molar-refractivity contribution in [3.8, 4) is 11.5 Å². The van der Waals surface area contributed by atoms with Crippen molar-refractivity contribution < 1.29 is 9.47 Å². The highest BCUT2D eigenvalue weighted by atomic mass is 79.9. The first kappa shape index (κ1) is 15.0. The van der Waals surface area contributed by atoms with Gasteiger partial charge in [0.15, 0.2) is 0 Å². The molecule has 0 aliphatic heterocycles. The normalized spacial score (nSPS) is 10.6. The average molecular weight is 336 g/mol. The van der Waals surface area contributed by atoms with Gasteiger partial charge in [0.25, 0.3) is 0 Å². The highest BCUT2D eigenvalue weighted by Crippen LogP contribution is 2.27. The van der Waals surface area contributed by atoms with Crippen molar-refractivity contribution in [3.05, 3.63) is 58.1 Å². The van der Waals surface area contributed by atoms with Gasteiger partial charge in [0.2, 0.25) is 0 Å². The van der Waals surface area contributed by atoms with Gasteiger partial charge >= 0.3 is 0 Å². The monoisotopic (exact) mass is 335 g/mol. The molecule has 0 aromatic heterocycles. The van der Waals surface area contributed by atoms with Gasteiger partial charge < -0.3 is 14.8 Å². The molecule has 0 heterocycles. The van der Waals surface area contributed by atoms with Crippen LogP contribution in [0.5, 0.6) is 11.5 Å². The van der Waals surface area contributed by atoms with Crippen LogP contribution in [0, 0.1) is 0 Å². The second-order valence-corrected chi connectivity index (χ2v) is 5.32. The van der Waals surface area contributed by atoms with Crippen LogP contribution in [0.3, 0.4) is 0 Å². The summed E-state index contributed by atoms with van der Waals surface area (Å²) >= 11 is 3.56. The second-order valence-electron chi connectivity index (χ2n) is 4.47. The Kier molecular flexibility index (Phi) is 5.59. The first-order valence-corrected chi connectivity index (χ1v) is 7.21. The van der Waals surface area contributed by atoms with Gasteiger partial charge in [0.1, 0.15) is 11.5 Å². The standard InChI is InChI=1S/C16H18BrNO2/c1-18-10-13-6-7-15(9-16(13)17)20-14-5-3-4-12(8-14)11-19-2/h3-9,18H,10-11H2,1-2H3. The first-order chi connectivity index (χ1) is 9.72. The zero-order chi connectivity index (χ0) is 14.4. The lowest BCUT2D eigenvalue weighted by atomic mass is 10.2. The molecule has 0 aliphatic rings. The van der Waals surface area contributed by atoms with E-state index in [1.54, 1.807) is 7.11 Å². The van der Waals surface area contributed by atoms with Crippen LogP contribution in [0.15, 0.2) is 46.9 Å². The number of ether oxygens (including phenoxy) is 2. The molecule has 2 aromatic rings. The predicted molar refractivity (Wildman–Crippen MR) is 84.1 cm³/mol. The van der Waals surface area contributed by atoms with Gasteiger partial charge in [-0.1, -0.05) is 34.1 Å². The summed E-state index contributed by atoms with van der Waals surface area (Å²) in [4.78, 5) is 0. The van der Waals surface area contributed by atoms with E-state index in [0.29, 0.717) is 6.61 Å². The van der Waals surface area contributed by atoms with E-state index in [0.717, 1.165) is 28.1 Å². The zero-order valence-corrected chi connectivity index (χ0v) is 13.2. The molecule has 0 saturated heterocycles. The van der Waals surface area contributed by atoms with Gasteiger partial charge in [-0.05, 0) is 42.4 Å². The maximum atomic E-state index is 5.87. The molecular weight excluding hydrogens is 318 g/mol. The molecule has 0 atom stereocenters. The Hall–Kier alpha value is -1.36. The fourth-order valence-electron chi connectivity index (χ4n) is 1.93. The van der Waals surface area contributed by atoms with Crippen molar-refractivity contribution >= 4 is 15.9 Å². The van der Waals surface area contributed by atoms with Crippen LogP contribution in [-0.4, -0.2) is 14.2 Å². The van der Waals surface area contributed by atoms with Gasteiger partial charge in [-0.3, -0.25) is 0 Å². The van der Waals surface area contributed by atoms with E-state index in [9.17, 15) is 0 Å². The van der Waals surface area contributed by atoms with E-state index in [2.05, 4.69) is 27.3 Å². The van der Waals surface area contributed by atoms with E-state index in [1.165, 1.54) is 5.56 Å². The van der Waals surface area contributed by atoms with Crippen LogP contribution in [0.4, 0.5) is 0 Å². The van der Waals surface area contributed by atoms with Crippen LogP contribution in [0.2, 0.25) is 0 Å². The molecule has 106 valence electrons. The summed E-state index contributed by atoms with van der Waals surface area (Å²) in [6, 6.07) is 13.9. The third kappa shape index (κ3) is 4.07. The summed E-state index contributed by atoms with van der Waals surface area (Å²) in [6.07, 6.45) is 0. The molecule has 2 aromatic carbocycles. The Bertz CT molecular complexity index is 572. The quantitative estimate of drug-likeness (QED) is 0.861. The van der Waals surface area contributed by atoms with Crippen molar-refractivity contribution in [1.82, 2.24) is 5.32 Å². The third-order valence-electron chi connectivity index (χ3n) is 2.84. The molecule has 0 radical (unpaired) electrons. The van der Waals surface area contributed by atoms with Gasteiger partial charge in [0, 0.05) is 18.1 Å². The van der Waals surface area contributed by atoms with Crippen molar-refractivity contribution in [2.75, 3.05) is 14.2 Å². The van der Waals surface area contributed by atoms with Crippen molar-refractivity contribution in [2.45, 2.75) is 13.2 Å². The van der Waals surface area contributed by atoms with Crippen LogP contribution >= 0.6 is 15.9 Å². The molecule has 0 bridgehead atoms. The molecule has 0 unspecified atom stereocenters. The highest BCUT2D eigenvalue weighted by Gasteiger charge is 2.03. The lowest BCUT2D eigenvalue weighted by Gasteiger charge is -2.10. The molecule has 0 spiro atoms. The Morgan fingerprint density at radius 3 is 2.60 bits per heavy atom. The fraction of sp³-hybridized carbons (Fsp3) is 0.250. The van der Waals surface area contributed by atoms with E-state index >= 15 is 0 Å². The maximum absolute atomic E-state index is 5.87. The molecule has 1 N–H and O–H groups in total. The van der Waals surface area contributed by atoms with Crippen molar-refractivity contribution in [1.29, 1.82) is 0 Å². The molecule has 4 heteroatoms. The number of rotatable bonds is 6. The summed E-state index contributed by atoms with van der Waals surface area (Å²) in [5.41, 5.74) is 2.30. The number of hydrogen-bond donors (Lipinski definition) is 1. The van der Waals surface area contributed by atoms with E-state index < -0.39 is 0 Å². The van der Waals surface area contributed by atoms with Gasteiger partial charge in [-0.25, -0.2) is 0 Å². The van der Waals surface area contributed by atoms with Crippen LogP contribution in [-0.2, 0) is 17.9 Å².